The van der Waals surface area contributed by atoms with Crippen LogP contribution in [0.2, 0.25) is 0 Å². The quantitative estimate of drug-likeness (QED) is 0.642. The molecule has 7 nitrogen and oxygen atoms in total. The summed E-state index contributed by atoms with van der Waals surface area (Å²) in [5.41, 5.74) is 4.75. The predicted octanol–water partition coefficient (Wildman–Crippen LogP) is 4.87. The van der Waals surface area contributed by atoms with Gasteiger partial charge in [0.2, 0.25) is 0 Å². The van der Waals surface area contributed by atoms with Crippen molar-refractivity contribution < 1.29 is 18.9 Å². The number of quaternary nitrogens is 1. The number of anilines is 1. The van der Waals surface area contributed by atoms with E-state index in [9.17, 15) is 14.4 Å². The number of benzene rings is 2. The molecule has 0 spiro atoms. The van der Waals surface area contributed by atoms with Crippen molar-refractivity contribution in [2.45, 2.75) is 58.5 Å². The highest BCUT2D eigenvalue weighted by Gasteiger charge is 2.53. The van der Waals surface area contributed by atoms with Crippen molar-refractivity contribution >= 4 is 23.7 Å². The van der Waals surface area contributed by atoms with E-state index in [1.54, 1.807) is 14.1 Å². The lowest BCUT2D eigenvalue weighted by Gasteiger charge is -2.34. The highest BCUT2D eigenvalue weighted by Crippen LogP contribution is 2.30. The molecule has 2 atom stereocenters. The minimum absolute atomic E-state index is 0.00464. The Labute approximate surface area is 208 Å². The summed E-state index contributed by atoms with van der Waals surface area (Å²) >= 11 is 0. The number of para-hydroxylation sites is 1. The van der Waals surface area contributed by atoms with Gasteiger partial charge in [-0.05, 0) is 68.0 Å². The number of nitrogens with one attached hydrogen (secondary N) is 1. The third kappa shape index (κ3) is 4.69. The van der Waals surface area contributed by atoms with Crippen LogP contribution in [-0.2, 0) is 13.0 Å². The van der Waals surface area contributed by atoms with Gasteiger partial charge in [0.25, 0.3) is 5.91 Å². The number of likely N-dealkylation sites (tertiary alicyclic amines) is 1. The van der Waals surface area contributed by atoms with Crippen molar-refractivity contribution in [3.63, 3.8) is 0 Å². The average Bonchev–Trinajstić information content (AvgIpc) is 3.11. The molecule has 186 valence electrons. The van der Waals surface area contributed by atoms with Crippen LogP contribution in [0.3, 0.4) is 0 Å². The summed E-state index contributed by atoms with van der Waals surface area (Å²) in [6.45, 7) is 5.49. The molecular weight excluding hydrogens is 440 g/mol. The lowest BCUT2D eigenvalue weighted by atomic mass is 10.0. The standard InChI is InChI=1S/C28H36N4O3/c1-20-18-23(26(33)31-16-8-7-12-22-11-5-6-13-25(22)31)14-15-24(20)19-29-27(34)32(28(35)30(3)4)17-9-10-21(32)2/h5-6,11,13-15,18,21H,7-10,12,16-17,19H2,1-4H3/p+1/t21-,32?/m1/s1. The number of fused-ring (bicyclic) bond motifs is 1. The molecule has 1 unspecified atom stereocenters. The monoisotopic (exact) mass is 477 g/mol. The summed E-state index contributed by atoms with van der Waals surface area (Å²) in [6.07, 6.45) is 4.75. The summed E-state index contributed by atoms with van der Waals surface area (Å²) in [7, 11) is 3.40. The van der Waals surface area contributed by atoms with Gasteiger partial charge >= 0.3 is 12.1 Å². The van der Waals surface area contributed by atoms with Crippen LogP contribution in [0.25, 0.3) is 0 Å². The molecule has 5 amide bonds. The van der Waals surface area contributed by atoms with Crippen molar-refractivity contribution in [2.75, 3.05) is 32.1 Å². The second-order valence-corrected chi connectivity index (χ2v) is 10.1. The highest BCUT2D eigenvalue weighted by molar-refractivity contribution is 6.06. The van der Waals surface area contributed by atoms with Crippen LogP contribution >= 0.6 is 0 Å². The summed E-state index contributed by atoms with van der Waals surface area (Å²) in [5, 5.41) is 3.01. The first-order valence-electron chi connectivity index (χ1n) is 12.6. The van der Waals surface area contributed by atoms with Gasteiger partial charge < -0.3 is 10.2 Å². The van der Waals surface area contributed by atoms with Crippen molar-refractivity contribution in [2.24, 2.45) is 0 Å². The number of carbonyl (C=O) groups is 3. The van der Waals surface area contributed by atoms with E-state index < -0.39 is 0 Å². The Morgan fingerprint density at radius 3 is 2.54 bits per heavy atom. The van der Waals surface area contributed by atoms with Crippen LogP contribution in [-0.4, -0.2) is 60.6 Å². The van der Waals surface area contributed by atoms with E-state index in [0.717, 1.165) is 48.9 Å². The second-order valence-electron chi connectivity index (χ2n) is 10.1. The van der Waals surface area contributed by atoms with E-state index >= 15 is 0 Å². The van der Waals surface area contributed by atoms with Crippen molar-refractivity contribution in [3.8, 4) is 0 Å². The molecule has 0 radical (unpaired) electrons. The van der Waals surface area contributed by atoms with Gasteiger partial charge in [0.1, 0.15) is 6.04 Å². The number of nitrogens with zero attached hydrogens (tertiary/aromatic N) is 3. The summed E-state index contributed by atoms with van der Waals surface area (Å²) in [4.78, 5) is 43.1. The van der Waals surface area contributed by atoms with Crippen molar-refractivity contribution in [1.82, 2.24) is 10.2 Å². The molecule has 2 aromatic rings. The minimum Gasteiger partial charge on any atom is -0.308 e. The maximum atomic E-state index is 13.4. The van der Waals surface area contributed by atoms with Gasteiger partial charge in [-0.25, -0.2) is 9.59 Å². The molecule has 0 bridgehead atoms. The Kier molecular flexibility index (Phi) is 7.26. The number of carbonyl (C=O) groups excluding carboxylic acids is 3. The van der Waals surface area contributed by atoms with E-state index in [0.29, 0.717) is 25.2 Å². The summed E-state index contributed by atoms with van der Waals surface area (Å²) in [6, 6.07) is 13.3. The number of hydrogen-bond acceptors (Lipinski definition) is 3. The highest BCUT2D eigenvalue weighted by atomic mass is 16.2. The number of amides is 5. The topological polar surface area (TPSA) is 69.7 Å². The number of aryl methyl sites for hydroxylation is 2. The number of imide groups is 1. The zero-order chi connectivity index (χ0) is 25.2. The largest absolute Gasteiger partial charge is 0.427 e. The van der Waals surface area contributed by atoms with Gasteiger partial charge in [0.15, 0.2) is 0 Å². The van der Waals surface area contributed by atoms with Crippen molar-refractivity contribution in [1.29, 1.82) is 0 Å². The molecule has 0 aliphatic carbocycles. The zero-order valence-electron chi connectivity index (χ0n) is 21.3. The van der Waals surface area contributed by atoms with Gasteiger partial charge in [-0.2, -0.15) is 4.48 Å². The Bertz CT molecular complexity index is 1130. The van der Waals surface area contributed by atoms with Crippen molar-refractivity contribution in [3.05, 3.63) is 64.7 Å². The van der Waals surface area contributed by atoms with E-state index in [1.807, 2.05) is 55.1 Å². The van der Waals surface area contributed by atoms with Gasteiger partial charge in [-0.3, -0.25) is 9.69 Å². The SMILES string of the molecule is Cc1cc(C(=O)N2CCCCc3ccccc32)ccc1CNC(=O)[N+]1(C(=O)N(C)C)CCC[C@H]1C. The average molecular weight is 478 g/mol. The molecule has 1 N–H and O–H groups in total. The van der Waals surface area contributed by atoms with Crippen LogP contribution in [0.15, 0.2) is 42.5 Å². The van der Waals surface area contributed by atoms with Gasteiger partial charge in [0.05, 0.1) is 6.54 Å². The smallest absolute Gasteiger partial charge is 0.308 e. The van der Waals surface area contributed by atoms with Gasteiger partial charge in [0, 0.05) is 51.3 Å². The van der Waals surface area contributed by atoms with E-state index in [4.69, 9.17) is 0 Å². The number of hydrogen-bond donors (Lipinski definition) is 1. The minimum atomic E-state index is -0.255. The maximum Gasteiger partial charge on any atom is 0.427 e. The fourth-order valence-electron chi connectivity index (χ4n) is 5.50. The number of urea groups is 2. The van der Waals surface area contributed by atoms with E-state index in [-0.39, 0.29) is 28.5 Å². The first kappa shape index (κ1) is 24.9. The third-order valence-electron chi connectivity index (χ3n) is 7.60. The molecule has 2 heterocycles. The fourth-order valence-corrected chi connectivity index (χ4v) is 5.50. The molecule has 2 aliphatic heterocycles. The second kappa shape index (κ2) is 10.2. The Morgan fingerprint density at radius 1 is 1.09 bits per heavy atom. The third-order valence-corrected chi connectivity index (χ3v) is 7.60. The molecular formula is C28H37N4O3+. The fraction of sp³-hybridized carbons (Fsp3) is 0.464. The maximum absolute atomic E-state index is 13.4. The predicted molar refractivity (Wildman–Crippen MR) is 137 cm³/mol. The van der Waals surface area contributed by atoms with Crippen LogP contribution in [0, 0.1) is 6.92 Å². The Balaban J connectivity index is 1.50. The molecule has 2 aromatic carbocycles. The Morgan fingerprint density at radius 2 is 1.86 bits per heavy atom. The lowest BCUT2D eigenvalue weighted by molar-refractivity contribution is -0.783. The first-order valence-corrected chi connectivity index (χ1v) is 12.6. The van der Waals surface area contributed by atoms with Crippen LogP contribution in [0.5, 0.6) is 0 Å². The van der Waals surface area contributed by atoms with E-state index in [2.05, 4.69) is 11.4 Å². The molecule has 1 saturated heterocycles. The lowest BCUT2D eigenvalue weighted by Crippen LogP contribution is -2.65. The molecule has 7 heteroatoms. The molecule has 35 heavy (non-hydrogen) atoms. The first-order chi connectivity index (χ1) is 16.8. The summed E-state index contributed by atoms with van der Waals surface area (Å²) < 4.78 is -0.184. The number of rotatable bonds is 3. The van der Waals surface area contributed by atoms with Gasteiger partial charge in [-0.1, -0.05) is 24.3 Å². The molecule has 4 rings (SSSR count). The van der Waals surface area contributed by atoms with Gasteiger partial charge in [-0.15, -0.1) is 0 Å². The van der Waals surface area contributed by atoms with Crippen LogP contribution in [0.4, 0.5) is 15.3 Å². The molecule has 2 aliphatic rings. The Hall–Kier alpha value is -3.19. The molecule has 1 fully saturated rings. The van der Waals surface area contributed by atoms with E-state index in [1.165, 1.54) is 10.5 Å². The molecule has 0 saturated carbocycles. The van der Waals surface area contributed by atoms with Crippen LogP contribution in [0.1, 0.15) is 59.7 Å². The zero-order valence-corrected chi connectivity index (χ0v) is 21.3. The van der Waals surface area contributed by atoms with Crippen LogP contribution < -0.4 is 10.2 Å². The molecule has 0 aromatic heterocycles. The summed E-state index contributed by atoms with van der Waals surface area (Å²) in [5.74, 6) is 0.00464. The normalized spacial score (nSPS) is 21.7.